The monoisotopic (exact) mass is 233 g/mol. The number of nitrogens with one attached hydrogen (secondary N) is 1. The standard InChI is InChI=1S/C14H19NO2/c1-5-15-14(12-6-9(2)16-8-12)13-7-10(3)17-11(13)4/h6-8,14-15H,5H2,1-4H3. The van der Waals surface area contributed by atoms with E-state index in [4.69, 9.17) is 8.83 Å². The zero-order chi connectivity index (χ0) is 12.4. The summed E-state index contributed by atoms with van der Waals surface area (Å²) in [7, 11) is 0. The molecule has 2 heterocycles. The fourth-order valence-electron chi connectivity index (χ4n) is 2.16. The van der Waals surface area contributed by atoms with Crippen LogP contribution in [0.1, 0.15) is 41.4 Å². The predicted molar refractivity (Wildman–Crippen MR) is 67.1 cm³/mol. The van der Waals surface area contributed by atoms with Crippen LogP contribution >= 0.6 is 0 Å². The van der Waals surface area contributed by atoms with Gasteiger partial charge in [-0.25, -0.2) is 0 Å². The lowest BCUT2D eigenvalue weighted by molar-refractivity contribution is 0.493. The Morgan fingerprint density at radius 3 is 2.41 bits per heavy atom. The molecule has 0 saturated carbocycles. The molecule has 92 valence electrons. The molecule has 0 aliphatic rings. The topological polar surface area (TPSA) is 38.3 Å². The van der Waals surface area contributed by atoms with E-state index >= 15 is 0 Å². The molecule has 3 nitrogen and oxygen atoms in total. The molecule has 0 amide bonds. The average Bonchev–Trinajstić information content (AvgIpc) is 2.82. The van der Waals surface area contributed by atoms with Gasteiger partial charge in [0.15, 0.2) is 0 Å². The zero-order valence-electron chi connectivity index (χ0n) is 10.8. The molecular formula is C14H19NO2. The van der Waals surface area contributed by atoms with Crippen LogP contribution in [0.15, 0.2) is 27.2 Å². The molecule has 0 aliphatic carbocycles. The van der Waals surface area contributed by atoms with E-state index in [0.29, 0.717) is 0 Å². The number of hydrogen-bond donors (Lipinski definition) is 1. The van der Waals surface area contributed by atoms with Crippen LogP contribution in [0, 0.1) is 20.8 Å². The molecule has 2 rings (SSSR count). The third-order valence-electron chi connectivity index (χ3n) is 2.88. The molecule has 3 heteroatoms. The zero-order valence-corrected chi connectivity index (χ0v) is 10.8. The molecule has 0 aliphatic heterocycles. The van der Waals surface area contributed by atoms with Gasteiger partial charge in [0.1, 0.15) is 17.3 Å². The Kier molecular flexibility index (Phi) is 3.38. The second kappa shape index (κ2) is 4.80. The van der Waals surface area contributed by atoms with Gasteiger partial charge < -0.3 is 14.2 Å². The van der Waals surface area contributed by atoms with Gasteiger partial charge >= 0.3 is 0 Å². The second-order valence-electron chi connectivity index (χ2n) is 4.35. The normalized spacial score (nSPS) is 12.9. The Morgan fingerprint density at radius 1 is 1.18 bits per heavy atom. The van der Waals surface area contributed by atoms with Gasteiger partial charge in [-0.3, -0.25) is 0 Å². The smallest absolute Gasteiger partial charge is 0.106 e. The van der Waals surface area contributed by atoms with Gasteiger partial charge in [0.2, 0.25) is 0 Å². The molecule has 17 heavy (non-hydrogen) atoms. The molecule has 0 fully saturated rings. The maximum atomic E-state index is 5.60. The Hall–Kier alpha value is -1.48. The highest BCUT2D eigenvalue weighted by Gasteiger charge is 2.19. The Morgan fingerprint density at radius 2 is 1.94 bits per heavy atom. The van der Waals surface area contributed by atoms with Crippen LogP contribution in [0.25, 0.3) is 0 Å². The maximum Gasteiger partial charge on any atom is 0.106 e. The lowest BCUT2D eigenvalue weighted by Crippen LogP contribution is -2.21. The summed E-state index contributed by atoms with van der Waals surface area (Å²) < 4.78 is 11.0. The summed E-state index contributed by atoms with van der Waals surface area (Å²) in [5, 5.41) is 3.46. The van der Waals surface area contributed by atoms with Gasteiger partial charge in [-0.15, -0.1) is 0 Å². The molecule has 0 aromatic carbocycles. The van der Waals surface area contributed by atoms with Gasteiger partial charge in [0.05, 0.1) is 12.3 Å². The van der Waals surface area contributed by atoms with Crippen LogP contribution in [-0.4, -0.2) is 6.54 Å². The summed E-state index contributed by atoms with van der Waals surface area (Å²) >= 11 is 0. The largest absolute Gasteiger partial charge is 0.469 e. The first-order chi connectivity index (χ1) is 8.11. The van der Waals surface area contributed by atoms with Crippen molar-refractivity contribution in [3.05, 3.63) is 46.8 Å². The number of aryl methyl sites for hydroxylation is 3. The van der Waals surface area contributed by atoms with E-state index < -0.39 is 0 Å². The molecule has 0 saturated heterocycles. The van der Waals surface area contributed by atoms with Crippen LogP contribution in [-0.2, 0) is 0 Å². The maximum absolute atomic E-state index is 5.60. The fraction of sp³-hybridized carbons (Fsp3) is 0.429. The van der Waals surface area contributed by atoms with Crippen molar-refractivity contribution in [3.8, 4) is 0 Å². The minimum atomic E-state index is 0.148. The molecule has 1 atom stereocenters. The molecule has 2 aromatic heterocycles. The van der Waals surface area contributed by atoms with E-state index in [1.165, 1.54) is 5.56 Å². The van der Waals surface area contributed by atoms with Gasteiger partial charge in [-0.1, -0.05) is 6.92 Å². The first-order valence-corrected chi connectivity index (χ1v) is 5.97. The molecule has 2 aromatic rings. The molecule has 1 unspecified atom stereocenters. The third-order valence-corrected chi connectivity index (χ3v) is 2.88. The molecular weight excluding hydrogens is 214 g/mol. The number of furan rings is 2. The minimum absolute atomic E-state index is 0.148. The lowest BCUT2D eigenvalue weighted by atomic mass is 10.0. The highest BCUT2D eigenvalue weighted by atomic mass is 16.3. The Bertz CT molecular complexity index is 496. The Balaban J connectivity index is 2.38. The number of rotatable bonds is 4. The first-order valence-electron chi connectivity index (χ1n) is 5.97. The Labute approximate surface area is 102 Å². The van der Waals surface area contributed by atoms with E-state index in [1.54, 1.807) is 0 Å². The van der Waals surface area contributed by atoms with Crippen LogP contribution in [0.3, 0.4) is 0 Å². The van der Waals surface area contributed by atoms with E-state index in [1.807, 2.05) is 27.0 Å². The van der Waals surface area contributed by atoms with E-state index in [-0.39, 0.29) is 6.04 Å². The van der Waals surface area contributed by atoms with Crippen LogP contribution < -0.4 is 5.32 Å². The van der Waals surface area contributed by atoms with Crippen molar-refractivity contribution in [2.45, 2.75) is 33.7 Å². The van der Waals surface area contributed by atoms with Crippen molar-refractivity contribution in [1.29, 1.82) is 0 Å². The summed E-state index contributed by atoms with van der Waals surface area (Å²) in [6.45, 7) is 8.93. The van der Waals surface area contributed by atoms with Crippen molar-refractivity contribution in [2.24, 2.45) is 0 Å². The lowest BCUT2D eigenvalue weighted by Gasteiger charge is -2.15. The average molecular weight is 233 g/mol. The van der Waals surface area contributed by atoms with Gasteiger partial charge in [0, 0.05) is 11.1 Å². The molecule has 0 radical (unpaired) electrons. The van der Waals surface area contributed by atoms with Crippen LogP contribution in [0.2, 0.25) is 0 Å². The van der Waals surface area contributed by atoms with Crippen molar-refractivity contribution in [2.75, 3.05) is 6.54 Å². The summed E-state index contributed by atoms with van der Waals surface area (Å²) in [6.07, 6.45) is 1.81. The van der Waals surface area contributed by atoms with Gasteiger partial charge in [-0.2, -0.15) is 0 Å². The number of hydrogen-bond acceptors (Lipinski definition) is 3. The third kappa shape index (κ3) is 2.44. The molecule has 1 N–H and O–H groups in total. The van der Waals surface area contributed by atoms with Gasteiger partial charge in [0.25, 0.3) is 0 Å². The molecule has 0 spiro atoms. The van der Waals surface area contributed by atoms with Crippen molar-refractivity contribution in [3.63, 3.8) is 0 Å². The molecule has 0 bridgehead atoms. The first kappa shape index (κ1) is 12.0. The highest BCUT2D eigenvalue weighted by Crippen LogP contribution is 2.28. The van der Waals surface area contributed by atoms with E-state index in [2.05, 4.69) is 24.4 Å². The van der Waals surface area contributed by atoms with Crippen LogP contribution in [0.4, 0.5) is 0 Å². The summed E-state index contributed by atoms with van der Waals surface area (Å²) in [6, 6.07) is 4.30. The SMILES string of the molecule is CCNC(c1coc(C)c1)c1cc(C)oc1C. The second-order valence-corrected chi connectivity index (χ2v) is 4.35. The summed E-state index contributed by atoms with van der Waals surface area (Å²) in [5.74, 6) is 2.84. The van der Waals surface area contributed by atoms with E-state index in [0.717, 1.165) is 29.4 Å². The van der Waals surface area contributed by atoms with Crippen molar-refractivity contribution in [1.82, 2.24) is 5.32 Å². The van der Waals surface area contributed by atoms with Gasteiger partial charge in [-0.05, 0) is 39.4 Å². The fourth-order valence-corrected chi connectivity index (χ4v) is 2.16. The van der Waals surface area contributed by atoms with Crippen molar-refractivity contribution >= 4 is 0 Å². The van der Waals surface area contributed by atoms with E-state index in [9.17, 15) is 0 Å². The van der Waals surface area contributed by atoms with Crippen LogP contribution in [0.5, 0.6) is 0 Å². The minimum Gasteiger partial charge on any atom is -0.469 e. The van der Waals surface area contributed by atoms with Crippen molar-refractivity contribution < 1.29 is 8.83 Å². The predicted octanol–water partition coefficient (Wildman–Crippen LogP) is 3.50. The summed E-state index contributed by atoms with van der Waals surface area (Å²) in [4.78, 5) is 0. The summed E-state index contributed by atoms with van der Waals surface area (Å²) in [5.41, 5.74) is 2.33. The highest BCUT2D eigenvalue weighted by molar-refractivity contribution is 5.33. The quantitative estimate of drug-likeness (QED) is 0.878.